The zero-order valence-electron chi connectivity index (χ0n) is 11.7. The zero-order chi connectivity index (χ0) is 14.7. The van der Waals surface area contributed by atoms with Crippen LogP contribution in [0.3, 0.4) is 0 Å². The van der Waals surface area contributed by atoms with E-state index in [4.69, 9.17) is 4.74 Å². The van der Waals surface area contributed by atoms with Gasteiger partial charge in [0.15, 0.2) is 5.78 Å². The van der Waals surface area contributed by atoms with Gasteiger partial charge in [-0.3, -0.25) is 4.79 Å². The first-order valence-corrected chi connectivity index (χ1v) is 8.02. The summed E-state index contributed by atoms with van der Waals surface area (Å²) in [5, 5.41) is 0. The first-order valence-electron chi connectivity index (χ1n) is 7.23. The highest BCUT2D eigenvalue weighted by atomic mass is 79.9. The van der Waals surface area contributed by atoms with Crippen LogP contribution in [0.4, 0.5) is 0 Å². The first-order chi connectivity index (χ1) is 10.3. The Bertz CT molecular complexity index is 651. The average Bonchev–Trinajstić information content (AvgIpc) is 2.53. The van der Waals surface area contributed by atoms with Gasteiger partial charge < -0.3 is 4.74 Å². The summed E-state index contributed by atoms with van der Waals surface area (Å²) < 4.78 is 6.73. The van der Waals surface area contributed by atoms with Crippen molar-refractivity contribution in [3.05, 3.63) is 69.7 Å². The third kappa shape index (κ3) is 3.25. The maximum Gasteiger partial charge on any atom is 0.189 e. The summed E-state index contributed by atoms with van der Waals surface area (Å²) in [5.41, 5.74) is 3.27. The minimum absolute atomic E-state index is 0.0190. The van der Waals surface area contributed by atoms with Gasteiger partial charge in [-0.05, 0) is 36.5 Å². The summed E-state index contributed by atoms with van der Waals surface area (Å²) in [6.45, 7) is 0.127. The predicted octanol–water partition coefficient (Wildman–Crippen LogP) is 4.73. The molecule has 0 fully saturated rings. The fraction of sp³-hybridized carbons (Fsp3) is 0.278. The number of carbonyl (C=O) groups excluding carboxylic acids is 1. The number of hydrogen-bond acceptors (Lipinski definition) is 2. The number of hydrogen-bond donors (Lipinski definition) is 0. The van der Waals surface area contributed by atoms with Gasteiger partial charge in [-0.1, -0.05) is 58.4 Å². The Balaban J connectivity index is 1.69. The quantitative estimate of drug-likeness (QED) is 0.749. The molecule has 2 nitrogen and oxygen atoms in total. The molecular formula is C18H17BrO2. The van der Waals surface area contributed by atoms with E-state index in [9.17, 15) is 4.79 Å². The predicted molar refractivity (Wildman–Crippen MR) is 86.5 cm³/mol. The first kappa shape index (κ1) is 14.5. The van der Waals surface area contributed by atoms with Crippen LogP contribution in [0.15, 0.2) is 53.0 Å². The highest BCUT2D eigenvalue weighted by Crippen LogP contribution is 2.32. The van der Waals surface area contributed by atoms with Gasteiger partial charge in [-0.2, -0.15) is 0 Å². The summed E-state index contributed by atoms with van der Waals surface area (Å²) in [6.07, 6.45) is 3.25. The summed E-state index contributed by atoms with van der Waals surface area (Å²) in [6, 6.07) is 15.8. The smallest absolute Gasteiger partial charge is 0.189 e. The molecule has 0 spiro atoms. The summed E-state index contributed by atoms with van der Waals surface area (Å²) in [5.74, 6) is 0.0190. The lowest BCUT2D eigenvalue weighted by Crippen LogP contribution is -2.17. The van der Waals surface area contributed by atoms with E-state index in [1.54, 1.807) is 0 Å². The van der Waals surface area contributed by atoms with Crippen molar-refractivity contribution >= 4 is 21.7 Å². The van der Waals surface area contributed by atoms with Crippen molar-refractivity contribution in [1.82, 2.24) is 0 Å². The van der Waals surface area contributed by atoms with Crippen molar-refractivity contribution in [2.75, 3.05) is 6.61 Å². The van der Waals surface area contributed by atoms with Gasteiger partial charge in [-0.25, -0.2) is 0 Å². The SMILES string of the molecule is O=C(COC1CCCc2ccccc21)c1ccccc1Br. The lowest BCUT2D eigenvalue weighted by molar-refractivity contribution is 0.0371. The van der Waals surface area contributed by atoms with Crippen LogP contribution >= 0.6 is 15.9 Å². The molecule has 1 aliphatic carbocycles. The monoisotopic (exact) mass is 344 g/mol. The molecule has 0 bridgehead atoms. The van der Waals surface area contributed by atoms with Gasteiger partial charge in [0.1, 0.15) is 6.61 Å². The lowest BCUT2D eigenvalue weighted by atomic mass is 9.89. The molecule has 1 aliphatic rings. The van der Waals surface area contributed by atoms with Crippen molar-refractivity contribution in [2.24, 2.45) is 0 Å². The Morgan fingerprint density at radius 1 is 1.14 bits per heavy atom. The molecule has 108 valence electrons. The van der Waals surface area contributed by atoms with Crippen molar-refractivity contribution in [2.45, 2.75) is 25.4 Å². The molecule has 0 aliphatic heterocycles. The van der Waals surface area contributed by atoms with E-state index in [1.165, 1.54) is 11.1 Å². The fourth-order valence-electron chi connectivity index (χ4n) is 2.82. The molecular weight excluding hydrogens is 328 g/mol. The van der Waals surface area contributed by atoms with Crippen molar-refractivity contribution in [1.29, 1.82) is 0 Å². The van der Waals surface area contributed by atoms with E-state index in [1.807, 2.05) is 30.3 Å². The third-order valence-electron chi connectivity index (χ3n) is 3.90. The molecule has 3 rings (SSSR count). The van der Waals surface area contributed by atoms with Crippen molar-refractivity contribution in [3.8, 4) is 0 Å². The number of Topliss-reactive ketones (excluding diaryl/α,β-unsaturated/α-hetero) is 1. The fourth-order valence-corrected chi connectivity index (χ4v) is 3.33. The molecule has 1 unspecified atom stereocenters. The van der Waals surface area contributed by atoms with Crippen LogP contribution in [0, 0.1) is 0 Å². The maximum absolute atomic E-state index is 12.3. The van der Waals surface area contributed by atoms with Gasteiger partial charge >= 0.3 is 0 Å². The summed E-state index contributed by atoms with van der Waals surface area (Å²) >= 11 is 3.41. The van der Waals surface area contributed by atoms with Gasteiger partial charge in [-0.15, -0.1) is 0 Å². The van der Waals surface area contributed by atoms with Gasteiger partial charge in [0, 0.05) is 10.0 Å². The molecule has 3 heteroatoms. The second kappa shape index (κ2) is 6.54. The Labute approximate surface area is 133 Å². The number of ether oxygens (including phenoxy) is 1. The highest BCUT2D eigenvalue weighted by Gasteiger charge is 2.21. The molecule has 0 N–H and O–H groups in total. The number of aryl methyl sites for hydroxylation is 1. The standard InChI is InChI=1S/C18H17BrO2/c19-16-10-4-3-9-15(16)17(20)12-21-18-11-5-7-13-6-1-2-8-14(13)18/h1-4,6,8-10,18H,5,7,11-12H2. The Kier molecular flexibility index (Phi) is 4.51. The molecule has 0 amide bonds. The summed E-state index contributed by atoms with van der Waals surface area (Å²) in [7, 11) is 0. The van der Waals surface area contributed by atoms with E-state index >= 15 is 0 Å². The van der Waals surface area contributed by atoms with Crippen LogP contribution in [-0.2, 0) is 11.2 Å². The zero-order valence-corrected chi connectivity index (χ0v) is 13.3. The number of halogens is 1. The van der Waals surface area contributed by atoms with Crippen LogP contribution in [-0.4, -0.2) is 12.4 Å². The average molecular weight is 345 g/mol. The topological polar surface area (TPSA) is 26.3 Å². The molecule has 0 radical (unpaired) electrons. The Morgan fingerprint density at radius 2 is 1.90 bits per heavy atom. The third-order valence-corrected chi connectivity index (χ3v) is 4.60. The molecule has 1 atom stereocenters. The number of benzene rings is 2. The highest BCUT2D eigenvalue weighted by molar-refractivity contribution is 9.10. The normalized spacial score (nSPS) is 17.3. The van der Waals surface area contributed by atoms with Gasteiger partial charge in [0.2, 0.25) is 0 Å². The van der Waals surface area contributed by atoms with Crippen molar-refractivity contribution < 1.29 is 9.53 Å². The maximum atomic E-state index is 12.3. The van der Waals surface area contributed by atoms with Crippen LogP contribution in [0.1, 0.15) is 40.4 Å². The summed E-state index contributed by atoms with van der Waals surface area (Å²) in [4.78, 5) is 12.3. The Morgan fingerprint density at radius 3 is 2.76 bits per heavy atom. The van der Waals surface area contributed by atoms with Crippen LogP contribution in [0.2, 0.25) is 0 Å². The number of carbonyl (C=O) groups is 1. The molecule has 0 saturated heterocycles. The second-order valence-corrected chi connectivity index (χ2v) is 6.15. The molecule has 2 aromatic rings. The molecule has 21 heavy (non-hydrogen) atoms. The number of ketones is 1. The van der Waals surface area contributed by atoms with E-state index in [0.717, 1.165) is 23.7 Å². The van der Waals surface area contributed by atoms with Gasteiger partial charge in [0.25, 0.3) is 0 Å². The minimum atomic E-state index is 0.0190. The van der Waals surface area contributed by atoms with E-state index in [2.05, 4.69) is 34.1 Å². The second-order valence-electron chi connectivity index (χ2n) is 5.29. The van der Waals surface area contributed by atoms with Crippen LogP contribution in [0.5, 0.6) is 0 Å². The van der Waals surface area contributed by atoms with Gasteiger partial charge in [0.05, 0.1) is 6.10 Å². The largest absolute Gasteiger partial charge is 0.365 e. The molecule has 0 heterocycles. The molecule has 0 aromatic heterocycles. The Hall–Kier alpha value is -1.45. The lowest BCUT2D eigenvalue weighted by Gasteiger charge is -2.25. The van der Waals surface area contributed by atoms with Crippen LogP contribution in [0.25, 0.3) is 0 Å². The van der Waals surface area contributed by atoms with E-state index in [0.29, 0.717) is 5.56 Å². The molecule has 0 saturated carbocycles. The minimum Gasteiger partial charge on any atom is -0.365 e. The van der Waals surface area contributed by atoms with E-state index in [-0.39, 0.29) is 18.5 Å². The molecule has 2 aromatic carbocycles. The number of rotatable bonds is 4. The van der Waals surface area contributed by atoms with E-state index < -0.39 is 0 Å². The number of fused-ring (bicyclic) bond motifs is 1. The van der Waals surface area contributed by atoms with Crippen LogP contribution < -0.4 is 0 Å². The van der Waals surface area contributed by atoms with Crippen molar-refractivity contribution in [3.63, 3.8) is 0 Å².